The number of carbonyl (C=O) groups excluding carboxylic acids is 2. The number of aliphatic hydroxyl groups excluding tert-OH is 2. The lowest BCUT2D eigenvalue weighted by Crippen LogP contribution is -2.45. The van der Waals surface area contributed by atoms with Gasteiger partial charge in [0.25, 0.3) is 0 Å². The average molecular weight is 1080 g/mol. The minimum absolute atomic E-state index is 0.0119. The summed E-state index contributed by atoms with van der Waals surface area (Å²) in [6.07, 6.45) is 83.9. The normalized spacial score (nSPS) is 12.6. The highest BCUT2D eigenvalue weighted by Crippen LogP contribution is 2.19. The van der Waals surface area contributed by atoms with Gasteiger partial charge in [0.15, 0.2) is 0 Å². The van der Waals surface area contributed by atoms with Crippen molar-refractivity contribution in [2.24, 2.45) is 0 Å². The number of amides is 1. The molecule has 0 aliphatic heterocycles. The van der Waals surface area contributed by atoms with E-state index < -0.39 is 12.1 Å². The van der Waals surface area contributed by atoms with Crippen LogP contribution in [0.25, 0.3) is 0 Å². The van der Waals surface area contributed by atoms with E-state index in [9.17, 15) is 19.8 Å². The Kier molecular flexibility index (Phi) is 65.4. The van der Waals surface area contributed by atoms with Crippen LogP contribution in [0.4, 0.5) is 0 Å². The van der Waals surface area contributed by atoms with Crippen LogP contribution < -0.4 is 5.32 Å². The first kappa shape index (κ1) is 75.3. The first-order valence-electron chi connectivity index (χ1n) is 35.1. The molecule has 77 heavy (non-hydrogen) atoms. The number of esters is 1. The van der Waals surface area contributed by atoms with E-state index >= 15 is 0 Å². The Bertz CT molecular complexity index is 1200. The summed E-state index contributed by atoms with van der Waals surface area (Å²) in [7, 11) is 0. The topological polar surface area (TPSA) is 95.9 Å². The lowest BCUT2D eigenvalue weighted by Gasteiger charge is -2.20. The molecule has 0 radical (unpaired) electrons. The highest BCUT2D eigenvalue weighted by atomic mass is 16.5. The van der Waals surface area contributed by atoms with Crippen molar-refractivity contribution in [3.8, 4) is 0 Å². The molecule has 0 saturated heterocycles. The van der Waals surface area contributed by atoms with E-state index in [1.807, 2.05) is 6.08 Å². The Hall–Kier alpha value is -1.66. The summed E-state index contributed by atoms with van der Waals surface area (Å²) in [5, 5.41) is 23.3. The van der Waals surface area contributed by atoms with Crippen LogP contribution in [-0.2, 0) is 14.3 Å². The lowest BCUT2D eigenvalue weighted by atomic mass is 10.0. The molecular weight excluding hydrogens is 947 g/mol. The van der Waals surface area contributed by atoms with E-state index in [-0.39, 0.29) is 18.5 Å². The van der Waals surface area contributed by atoms with E-state index in [2.05, 4.69) is 31.3 Å². The summed E-state index contributed by atoms with van der Waals surface area (Å²) < 4.78 is 5.50. The number of nitrogens with one attached hydrogen (secondary N) is 1. The molecule has 0 rings (SSSR count). The Balaban J connectivity index is 3.44. The fraction of sp³-hybridized carbons (Fsp3) is 0.915. The van der Waals surface area contributed by atoms with Crippen molar-refractivity contribution >= 4 is 11.9 Å². The summed E-state index contributed by atoms with van der Waals surface area (Å²) >= 11 is 0. The number of carbonyl (C=O) groups is 2. The van der Waals surface area contributed by atoms with Crippen LogP contribution in [-0.4, -0.2) is 47.4 Å². The maximum absolute atomic E-state index is 12.5. The number of unbranched alkanes of at least 4 members (excludes halogenated alkanes) is 53. The minimum Gasteiger partial charge on any atom is -0.466 e. The highest BCUT2D eigenvalue weighted by Gasteiger charge is 2.18. The molecule has 0 aliphatic rings. The van der Waals surface area contributed by atoms with Gasteiger partial charge in [-0.05, 0) is 57.8 Å². The summed E-state index contributed by atoms with van der Waals surface area (Å²) in [6.45, 7) is 4.94. The van der Waals surface area contributed by atoms with Gasteiger partial charge in [-0.2, -0.15) is 0 Å². The smallest absolute Gasteiger partial charge is 0.305 e. The van der Waals surface area contributed by atoms with Crippen molar-refractivity contribution in [3.63, 3.8) is 0 Å². The molecule has 456 valence electrons. The van der Waals surface area contributed by atoms with Crippen LogP contribution in [0.3, 0.4) is 0 Å². The van der Waals surface area contributed by atoms with Crippen LogP contribution >= 0.6 is 0 Å². The number of allylic oxidation sites excluding steroid dienone is 3. The molecule has 0 spiro atoms. The number of aliphatic hydroxyl groups is 2. The quantitative estimate of drug-likeness (QED) is 0.0320. The van der Waals surface area contributed by atoms with Gasteiger partial charge in [-0.1, -0.05) is 346 Å². The first-order valence-corrected chi connectivity index (χ1v) is 35.1. The van der Waals surface area contributed by atoms with Gasteiger partial charge in [-0.15, -0.1) is 0 Å². The summed E-state index contributed by atoms with van der Waals surface area (Å²) in [5.41, 5.74) is 0. The molecule has 0 bridgehead atoms. The molecule has 0 aromatic heterocycles. The maximum atomic E-state index is 12.5. The van der Waals surface area contributed by atoms with Crippen LogP contribution in [0.15, 0.2) is 24.3 Å². The van der Waals surface area contributed by atoms with Gasteiger partial charge in [0.2, 0.25) is 5.91 Å². The molecule has 0 aromatic rings. The molecule has 6 heteroatoms. The molecule has 0 saturated carbocycles. The standard InChI is InChI=1S/C71H137NO5/c1-3-5-7-9-11-13-15-17-19-21-22-23-24-26-29-32-35-39-43-47-51-55-59-63-69(74)68(67-73)72-70(75)64-60-56-52-48-44-40-36-33-30-27-25-28-31-34-38-42-46-50-54-58-62-66-77-71(76)65-61-57-53-49-45-41-37-20-18-16-14-12-10-8-6-4-2/h27,30,59,63,68-69,73-74H,3-26,28-29,31-58,60-62,64-67H2,1-2H3,(H,72,75)/b30-27-,63-59+. The molecule has 2 unspecified atom stereocenters. The van der Waals surface area contributed by atoms with Gasteiger partial charge >= 0.3 is 5.97 Å². The molecule has 0 aromatic carbocycles. The summed E-state index contributed by atoms with van der Waals surface area (Å²) in [6, 6.07) is -0.635. The van der Waals surface area contributed by atoms with Gasteiger partial charge in [-0.25, -0.2) is 0 Å². The Morgan fingerprint density at radius 3 is 0.922 bits per heavy atom. The largest absolute Gasteiger partial charge is 0.466 e. The fourth-order valence-corrected chi connectivity index (χ4v) is 11.1. The van der Waals surface area contributed by atoms with Crippen LogP contribution in [0, 0.1) is 0 Å². The predicted octanol–water partition coefficient (Wildman–Crippen LogP) is 22.5. The van der Waals surface area contributed by atoms with E-state index in [1.54, 1.807) is 6.08 Å². The van der Waals surface area contributed by atoms with Crippen molar-refractivity contribution in [2.75, 3.05) is 13.2 Å². The molecule has 1 amide bonds. The summed E-state index contributed by atoms with van der Waals surface area (Å²) in [5.74, 6) is -0.0596. The molecule has 3 N–H and O–H groups in total. The van der Waals surface area contributed by atoms with Crippen molar-refractivity contribution in [2.45, 2.75) is 405 Å². The first-order chi connectivity index (χ1) is 38.0. The maximum Gasteiger partial charge on any atom is 0.305 e. The Morgan fingerprint density at radius 2 is 0.610 bits per heavy atom. The van der Waals surface area contributed by atoms with Crippen LogP contribution in [0.5, 0.6) is 0 Å². The third-order valence-corrected chi connectivity index (χ3v) is 16.5. The molecule has 0 heterocycles. The van der Waals surface area contributed by atoms with E-state index in [1.165, 1.54) is 321 Å². The Morgan fingerprint density at radius 1 is 0.351 bits per heavy atom. The van der Waals surface area contributed by atoms with Gasteiger partial charge in [-0.3, -0.25) is 9.59 Å². The Labute approximate surface area is 481 Å². The highest BCUT2D eigenvalue weighted by molar-refractivity contribution is 5.76. The summed E-state index contributed by atoms with van der Waals surface area (Å²) in [4.78, 5) is 24.6. The number of hydrogen-bond donors (Lipinski definition) is 3. The molecule has 0 fully saturated rings. The predicted molar refractivity (Wildman–Crippen MR) is 338 cm³/mol. The number of ether oxygens (including phenoxy) is 1. The second kappa shape index (κ2) is 66.8. The van der Waals surface area contributed by atoms with Crippen LogP contribution in [0.2, 0.25) is 0 Å². The second-order valence-electron chi connectivity index (χ2n) is 24.2. The van der Waals surface area contributed by atoms with E-state index in [0.717, 1.165) is 44.9 Å². The van der Waals surface area contributed by atoms with Crippen molar-refractivity contribution in [1.29, 1.82) is 0 Å². The average Bonchev–Trinajstić information content (AvgIpc) is 3.43. The molecular formula is C71H137NO5. The minimum atomic E-state index is -0.851. The third-order valence-electron chi connectivity index (χ3n) is 16.5. The van der Waals surface area contributed by atoms with E-state index in [0.29, 0.717) is 19.4 Å². The number of hydrogen-bond acceptors (Lipinski definition) is 5. The van der Waals surface area contributed by atoms with E-state index in [4.69, 9.17) is 4.74 Å². The van der Waals surface area contributed by atoms with Crippen molar-refractivity contribution < 1.29 is 24.5 Å². The zero-order chi connectivity index (χ0) is 55.7. The van der Waals surface area contributed by atoms with Crippen molar-refractivity contribution in [3.05, 3.63) is 24.3 Å². The van der Waals surface area contributed by atoms with Crippen molar-refractivity contribution in [1.82, 2.24) is 5.32 Å². The monoisotopic (exact) mass is 1080 g/mol. The van der Waals surface area contributed by atoms with Gasteiger partial charge in [0.05, 0.1) is 25.4 Å². The SMILES string of the molecule is CCCCCCCCCCCCCCCCCCCCCCC/C=C/C(O)C(CO)NC(=O)CCCCCCCCC/C=C\CCCCCCCCCCCCOC(=O)CCCCCCCCCCCCCCCCCC. The fourth-order valence-electron chi connectivity index (χ4n) is 11.1. The zero-order valence-electron chi connectivity index (χ0n) is 52.2. The number of rotatable bonds is 66. The third kappa shape index (κ3) is 63.4. The lowest BCUT2D eigenvalue weighted by molar-refractivity contribution is -0.143. The molecule has 6 nitrogen and oxygen atoms in total. The van der Waals surface area contributed by atoms with Gasteiger partial charge in [0, 0.05) is 12.8 Å². The van der Waals surface area contributed by atoms with Gasteiger partial charge in [0.1, 0.15) is 0 Å². The van der Waals surface area contributed by atoms with Crippen LogP contribution in [0.1, 0.15) is 393 Å². The van der Waals surface area contributed by atoms with Gasteiger partial charge < -0.3 is 20.3 Å². The molecule has 0 aliphatic carbocycles. The zero-order valence-corrected chi connectivity index (χ0v) is 52.2. The second-order valence-corrected chi connectivity index (χ2v) is 24.2. The molecule has 2 atom stereocenters.